The van der Waals surface area contributed by atoms with Crippen LogP contribution in [0.3, 0.4) is 0 Å². The third-order valence-electron chi connectivity index (χ3n) is 4.05. The lowest BCUT2D eigenvalue weighted by molar-refractivity contribution is 0.0667. The summed E-state index contributed by atoms with van der Waals surface area (Å²) < 4.78 is 10.8. The molecule has 6 nitrogen and oxygen atoms in total. The van der Waals surface area contributed by atoms with Crippen LogP contribution in [0.2, 0.25) is 0 Å². The van der Waals surface area contributed by atoms with Crippen molar-refractivity contribution in [1.29, 1.82) is 0 Å². The Morgan fingerprint density at radius 1 is 1.39 bits per heavy atom. The summed E-state index contributed by atoms with van der Waals surface area (Å²) in [7, 11) is 4.08. The van der Waals surface area contributed by atoms with Gasteiger partial charge in [-0.1, -0.05) is 6.07 Å². The lowest BCUT2D eigenvalue weighted by Gasteiger charge is -2.12. The van der Waals surface area contributed by atoms with Crippen LogP contribution in [0.4, 0.5) is 4.79 Å². The summed E-state index contributed by atoms with van der Waals surface area (Å²) >= 11 is 0. The van der Waals surface area contributed by atoms with Crippen molar-refractivity contribution in [2.24, 2.45) is 0 Å². The Morgan fingerprint density at radius 3 is 3.00 bits per heavy atom. The molecule has 0 aliphatic carbocycles. The molecule has 2 N–H and O–H groups in total. The predicted molar refractivity (Wildman–Crippen MR) is 88.9 cm³/mol. The zero-order valence-corrected chi connectivity index (χ0v) is 13.6. The van der Waals surface area contributed by atoms with Crippen LogP contribution in [-0.2, 0) is 11.2 Å². The number of ether oxygens (including phenoxy) is 2. The fourth-order valence-electron chi connectivity index (χ4n) is 2.82. The molecule has 6 heteroatoms. The Hall–Kier alpha value is -2.05. The summed E-state index contributed by atoms with van der Waals surface area (Å²) in [5.41, 5.74) is 2.10. The van der Waals surface area contributed by atoms with Gasteiger partial charge in [-0.05, 0) is 51.2 Å². The van der Waals surface area contributed by atoms with Crippen molar-refractivity contribution in [3.8, 4) is 5.75 Å². The van der Waals surface area contributed by atoms with Gasteiger partial charge in [0.25, 0.3) is 0 Å². The lowest BCUT2D eigenvalue weighted by Crippen LogP contribution is -2.23. The van der Waals surface area contributed by atoms with E-state index < -0.39 is 6.16 Å². The summed E-state index contributed by atoms with van der Waals surface area (Å²) in [6, 6.07) is 5.66. The van der Waals surface area contributed by atoms with E-state index >= 15 is 0 Å². The number of benzene rings is 1. The number of likely N-dealkylation sites (N-methyl/N-ethyl adjacent to an activating group) is 1. The van der Waals surface area contributed by atoms with Crippen LogP contribution in [0.1, 0.15) is 12.0 Å². The third kappa shape index (κ3) is 3.83. The van der Waals surface area contributed by atoms with Crippen LogP contribution >= 0.6 is 0 Å². The number of nitrogens with zero attached hydrogens (tertiary/aromatic N) is 1. The van der Waals surface area contributed by atoms with Gasteiger partial charge < -0.3 is 24.7 Å². The molecule has 124 valence electrons. The minimum absolute atomic E-state index is 0.0962. The van der Waals surface area contributed by atoms with Crippen molar-refractivity contribution in [2.45, 2.75) is 18.9 Å². The molecule has 23 heavy (non-hydrogen) atoms. The zero-order valence-electron chi connectivity index (χ0n) is 13.6. The summed E-state index contributed by atoms with van der Waals surface area (Å²) in [6.07, 6.45) is 2.96. The molecule has 1 aliphatic rings. The van der Waals surface area contributed by atoms with Gasteiger partial charge in [0, 0.05) is 30.2 Å². The number of aromatic amines is 1. The van der Waals surface area contributed by atoms with E-state index in [0.29, 0.717) is 12.3 Å². The van der Waals surface area contributed by atoms with Gasteiger partial charge in [0.1, 0.15) is 11.9 Å². The molecular formula is C17H23N3O3. The number of aromatic nitrogens is 1. The summed E-state index contributed by atoms with van der Waals surface area (Å²) in [5.74, 6) is 0.550. The normalized spacial score (nSPS) is 17.8. The average Bonchev–Trinajstić information content (AvgIpc) is 3.15. The second-order valence-corrected chi connectivity index (χ2v) is 6.13. The fourth-order valence-corrected chi connectivity index (χ4v) is 2.82. The molecule has 0 radical (unpaired) electrons. The second kappa shape index (κ2) is 7.02. The summed E-state index contributed by atoms with van der Waals surface area (Å²) in [6.45, 7) is 2.50. The number of hydrogen-bond acceptors (Lipinski definition) is 5. The first-order chi connectivity index (χ1) is 11.1. The molecule has 0 bridgehead atoms. The molecule has 1 atom stereocenters. The first kappa shape index (κ1) is 15.8. The van der Waals surface area contributed by atoms with E-state index in [4.69, 9.17) is 9.47 Å². The van der Waals surface area contributed by atoms with Crippen molar-refractivity contribution in [3.63, 3.8) is 0 Å². The molecule has 1 aromatic carbocycles. The number of rotatable bonds is 5. The van der Waals surface area contributed by atoms with Gasteiger partial charge in [-0.25, -0.2) is 4.79 Å². The van der Waals surface area contributed by atoms with E-state index in [1.54, 1.807) is 0 Å². The maximum atomic E-state index is 12.0. The second-order valence-electron chi connectivity index (χ2n) is 6.13. The molecule has 2 aromatic rings. The van der Waals surface area contributed by atoms with Gasteiger partial charge in [-0.15, -0.1) is 0 Å². The van der Waals surface area contributed by atoms with E-state index in [1.807, 2.05) is 38.5 Å². The highest BCUT2D eigenvalue weighted by Crippen LogP contribution is 2.29. The third-order valence-corrected chi connectivity index (χ3v) is 4.05. The predicted octanol–water partition coefficient (Wildman–Crippen LogP) is 2.15. The Bertz CT molecular complexity index is 675. The minimum Gasteiger partial charge on any atom is -0.429 e. The lowest BCUT2D eigenvalue weighted by atomic mass is 10.1. The molecule has 1 saturated heterocycles. The number of fused-ring (bicyclic) bond motifs is 1. The molecule has 1 aliphatic heterocycles. The van der Waals surface area contributed by atoms with Crippen LogP contribution in [0.25, 0.3) is 10.9 Å². The molecule has 0 saturated carbocycles. The van der Waals surface area contributed by atoms with Gasteiger partial charge in [0.15, 0.2) is 0 Å². The number of H-pyrrole nitrogens is 1. The van der Waals surface area contributed by atoms with Crippen LogP contribution in [0, 0.1) is 0 Å². The standard InChI is InChI=1S/C17H23N3O3/c1-20(2)9-7-12-10-19-14-4-3-5-15(16(12)14)23-17(21)22-13-6-8-18-11-13/h3-5,10,13,18-19H,6-9,11H2,1-2H3. The molecule has 0 amide bonds. The highest BCUT2D eigenvalue weighted by Gasteiger charge is 2.21. The molecule has 1 aromatic heterocycles. The van der Waals surface area contributed by atoms with E-state index in [1.165, 1.54) is 0 Å². The molecule has 0 spiro atoms. The molecule has 1 fully saturated rings. The minimum atomic E-state index is -0.633. The zero-order chi connectivity index (χ0) is 16.2. The summed E-state index contributed by atoms with van der Waals surface area (Å²) in [5, 5.41) is 4.12. The Labute approximate surface area is 135 Å². The van der Waals surface area contributed by atoms with Gasteiger partial charge in [-0.2, -0.15) is 0 Å². The van der Waals surface area contributed by atoms with Crippen LogP contribution in [0.15, 0.2) is 24.4 Å². The Morgan fingerprint density at radius 2 is 2.26 bits per heavy atom. The maximum Gasteiger partial charge on any atom is 0.514 e. The number of carbonyl (C=O) groups excluding carboxylic acids is 1. The molecule has 3 rings (SSSR count). The molecular weight excluding hydrogens is 294 g/mol. The van der Waals surface area contributed by atoms with E-state index in [2.05, 4.69) is 15.2 Å². The van der Waals surface area contributed by atoms with E-state index in [0.717, 1.165) is 42.4 Å². The first-order valence-electron chi connectivity index (χ1n) is 7.96. The highest BCUT2D eigenvalue weighted by molar-refractivity contribution is 5.90. The largest absolute Gasteiger partial charge is 0.514 e. The van der Waals surface area contributed by atoms with Crippen LogP contribution in [-0.4, -0.2) is 55.9 Å². The van der Waals surface area contributed by atoms with Gasteiger partial charge in [0.2, 0.25) is 0 Å². The van der Waals surface area contributed by atoms with Gasteiger partial charge in [-0.3, -0.25) is 0 Å². The number of hydrogen-bond donors (Lipinski definition) is 2. The SMILES string of the molecule is CN(C)CCc1c[nH]c2cccc(OC(=O)OC3CCNC3)c12. The number of carbonyl (C=O) groups is 1. The van der Waals surface area contributed by atoms with Crippen LogP contribution < -0.4 is 10.1 Å². The van der Waals surface area contributed by atoms with E-state index in [9.17, 15) is 4.79 Å². The van der Waals surface area contributed by atoms with Crippen molar-refractivity contribution < 1.29 is 14.3 Å². The summed E-state index contributed by atoms with van der Waals surface area (Å²) in [4.78, 5) is 17.4. The molecule has 1 unspecified atom stereocenters. The topological polar surface area (TPSA) is 66.6 Å². The maximum absolute atomic E-state index is 12.0. The smallest absolute Gasteiger partial charge is 0.429 e. The van der Waals surface area contributed by atoms with Crippen molar-refractivity contribution >= 4 is 17.1 Å². The quantitative estimate of drug-likeness (QED) is 0.653. The van der Waals surface area contributed by atoms with Crippen molar-refractivity contribution in [3.05, 3.63) is 30.0 Å². The monoisotopic (exact) mass is 317 g/mol. The van der Waals surface area contributed by atoms with Gasteiger partial charge in [0.05, 0.1) is 0 Å². The van der Waals surface area contributed by atoms with Crippen molar-refractivity contribution in [2.75, 3.05) is 33.7 Å². The average molecular weight is 317 g/mol. The Kier molecular flexibility index (Phi) is 4.83. The number of nitrogens with one attached hydrogen (secondary N) is 2. The van der Waals surface area contributed by atoms with E-state index in [-0.39, 0.29) is 6.10 Å². The van der Waals surface area contributed by atoms with Gasteiger partial charge >= 0.3 is 6.16 Å². The van der Waals surface area contributed by atoms with Crippen molar-refractivity contribution in [1.82, 2.24) is 15.2 Å². The molecule has 2 heterocycles. The fraction of sp³-hybridized carbons (Fsp3) is 0.471. The Balaban J connectivity index is 1.76. The first-order valence-corrected chi connectivity index (χ1v) is 7.96. The van der Waals surface area contributed by atoms with Crippen LogP contribution in [0.5, 0.6) is 5.75 Å². The highest BCUT2D eigenvalue weighted by atomic mass is 16.7.